The monoisotopic (exact) mass is 150 g/mol. The first kappa shape index (κ1) is 6.73. The lowest BCUT2D eigenvalue weighted by molar-refractivity contribution is 0.141. The van der Waals surface area contributed by atoms with Crippen molar-refractivity contribution in [3.8, 4) is 0 Å². The van der Waals surface area contributed by atoms with Gasteiger partial charge in [0.25, 0.3) is 0 Å². The summed E-state index contributed by atoms with van der Waals surface area (Å²) in [5.41, 5.74) is 0.339. The molecule has 1 aromatic heterocycles. The van der Waals surface area contributed by atoms with Crippen molar-refractivity contribution in [2.75, 3.05) is 0 Å². The minimum atomic E-state index is -0.687. The Morgan fingerprint density at radius 2 is 1.91 bits per heavy atom. The van der Waals surface area contributed by atoms with Crippen molar-refractivity contribution >= 4 is 0 Å². The second kappa shape index (κ2) is 2.01. The smallest absolute Gasteiger partial charge is 0.159 e. The molecule has 0 unspecified atom stereocenters. The maximum absolute atomic E-state index is 9.57. The second-order valence-electron chi connectivity index (χ2n) is 3.12. The van der Waals surface area contributed by atoms with Crippen LogP contribution in [0.25, 0.3) is 0 Å². The summed E-state index contributed by atoms with van der Waals surface area (Å²) < 4.78 is 0. The quantitative estimate of drug-likeness (QED) is 0.643. The number of rotatable bonds is 1. The van der Waals surface area contributed by atoms with Crippen LogP contribution in [0.4, 0.5) is 0 Å². The van der Waals surface area contributed by atoms with Crippen LogP contribution < -0.4 is 0 Å². The van der Waals surface area contributed by atoms with Crippen molar-refractivity contribution < 1.29 is 5.11 Å². The highest BCUT2D eigenvalue weighted by Gasteiger charge is 2.44. The van der Waals surface area contributed by atoms with Gasteiger partial charge >= 0.3 is 0 Å². The number of aryl methyl sites for hydroxylation is 1. The van der Waals surface area contributed by atoms with Crippen LogP contribution in [0, 0.1) is 6.92 Å². The zero-order chi connectivity index (χ0) is 7.90. The molecule has 3 nitrogen and oxygen atoms in total. The summed E-state index contributed by atoms with van der Waals surface area (Å²) in [6.45, 7) is 1.93. The molecule has 1 saturated carbocycles. The molecular weight excluding hydrogens is 140 g/mol. The number of nitrogens with zero attached hydrogens (tertiary/aromatic N) is 2. The van der Waals surface area contributed by atoms with Crippen LogP contribution >= 0.6 is 0 Å². The highest BCUT2D eigenvalue weighted by Crippen LogP contribution is 2.43. The molecule has 0 aliphatic heterocycles. The van der Waals surface area contributed by atoms with E-state index in [4.69, 9.17) is 0 Å². The second-order valence-corrected chi connectivity index (χ2v) is 3.12. The molecular formula is C8H10N2O. The van der Waals surface area contributed by atoms with Gasteiger partial charge < -0.3 is 5.11 Å². The molecule has 0 spiro atoms. The van der Waals surface area contributed by atoms with Crippen molar-refractivity contribution in [1.29, 1.82) is 0 Å². The van der Waals surface area contributed by atoms with Crippen LogP contribution in [0.3, 0.4) is 0 Å². The first-order valence-corrected chi connectivity index (χ1v) is 3.72. The van der Waals surface area contributed by atoms with Crippen molar-refractivity contribution in [2.45, 2.75) is 25.4 Å². The predicted octanol–water partition coefficient (Wildman–Crippen LogP) is 0.766. The van der Waals surface area contributed by atoms with E-state index >= 15 is 0 Å². The van der Waals surface area contributed by atoms with Gasteiger partial charge in [0.1, 0.15) is 5.60 Å². The molecule has 0 amide bonds. The molecule has 0 saturated heterocycles. The Hall–Kier alpha value is -0.960. The summed E-state index contributed by atoms with van der Waals surface area (Å²) in [6, 6.07) is 0. The van der Waals surface area contributed by atoms with Gasteiger partial charge in [0, 0.05) is 12.4 Å². The third kappa shape index (κ3) is 1.12. The summed E-state index contributed by atoms with van der Waals surface area (Å²) in [7, 11) is 0. The van der Waals surface area contributed by atoms with E-state index in [0.717, 1.165) is 18.4 Å². The highest BCUT2D eigenvalue weighted by atomic mass is 16.3. The highest BCUT2D eigenvalue weighted by molar-refractivity contribution is 5.13. The summed E-state index contributed by atoms with van der Waals surface area (Å²) in [5, 5.41) is 9.57. The van der Waals surface area contributed by atoms with Crippen molar-refractivity contribution in [1.82, 2.24) is 9.97 Å². The van der Waals surface area contributed by atoms with E-state index in [1.807, 2.05) is 6.92 Å². The van der Waals surface area contributed by atoms with Crippen LogP contribution in [-0.2, 0) is 5.60 Å². The fourth-order valence-electron chi connectivity index (χ4n) is 0.975. The van der Waals surface area contributed by atoms with E-state index in [1.165, 1.54) is 0 Å². The Bertz CT molecular complexity index is 264. The first-order chi connectivity index (χ1) is 5.21. The maximum atomic E-state index is 9.57. The molecule has 3 heteroatoms. The van der Waals surface area contributed by atoms with Crippen molar-refractivity contribution in [2.24, 2.45) is 0 Å². The van der Waals surface area contributed by atoms with Crippen molar-refractivity contribution in [3.05, 3.63) is 23.8 Å². The fourth-order valence-corrected chi connectivity index (χ4v) is 0.975. The van der Waals surface area contributed by atoms with Gasteiger partial charge in [0.15, 0.2) is 5.82 Å². The Morgan fingerprint density at radius 3 is 2.36 bits per heavy atom. The lowest BCUT2D eigenvalue weighted by Gasteiger charge is -2.03. The number of hydrogen-bond acceptors (Lipinski definition) is 3. The molecule has 0 bridgehead atoms. The molecule has 11 heavy (non-hydrogen) atoms. The summed E-state index contributed by atoms with van der Waals surface area (Å²) in [4.78, 5) is 8.10. The van der Waals surface area contributed by atoms with Gasteiger partial charge in [-0.15, -0.1) is 0 Å². The van der Waals surface area contributed by atoms with E-state index in [-0.39, 0.29) is 0 Å². The van der Waals surface area contributed by atoms with Gasteiger partial charge in [-0.2, -0.15) is 0 Å². The van der Waals surface area contributed by atoms with E-state index in [0.29, 0.717) is 5.82 Å². The van der Waals surface area contributed by atoms with Gasteiger partial charge in [0.2, 0.25) is 0 Å². The molecule has 58 valence electrons. The normalized spacial score (nSPS) is 19.8. The molecule has 0 aromatic carbocycles. The van der Waals surface area contributed by atoms with Crippen molar-refractivity contribution in [3.63, 3.8) is 0 Å². The molecule has 1 heterocycles. The van der Waals surface area contributed by atoms with Crippen LogP contribution in [-0.4, -0.2) is 15.1 Å². The first-order valence-electron chi connectivity index (χ1n) is 3.72. The molecule has 1 aliphatic carbocycles. The molecule has 1 aromatic rings. The number of hydrogen-bond donors (Lipinski definition) is 1. The fraction of sp³-hybridized carbons (Fsp3) is 0.500. The van der Waals surface area contributed by atoms with Crippen LogP contribution in [0.15, 0.2) is 12.4 Å². The molecule has 0 atom stereocenters. The SMILES string of the molecule is Cc1cnc(C2(O)CC2)nc1. The lowest BCUT2D eigenvalue weighted by Crippen LogP contribution is -2.09. The largest absolute Gasteiger partial charge is 0.382 e. The summed E-state index contributed by atoms with van der Waals surface area (Å²) in [5.74, 6) is 0.572. The summed E-state index contributed by atoms with van der Waals surface area (Å²) in [6.07, 6.45) is 5.07. The van der Waals surface area contributed by atoms with Crippen LogP contribution in [0.5, 0.6) is 0 Å². The molecule has 1 N–H and O–H groups in total. The molecule has 1 fully saturated rings. The van der Waals surface area contributed by atoms with Gasteiger partial charge in [-0.1, -0.05) is 0 Å². The van der Waals surface area contributed by atoms with Crippen LogP contribution in [0.1, 0.15) is 24.2 Å². The summed E-state index contributed by atoms with van der Waals surface area (Å²) >= 11 is 0. The van der Waals surface area contributed by atoms with E-state index in [9.17, 15) is 5.11 Å². The molecule has 0 radical (unpaired) electrons. The van der Waals surface area contributed by atoms with Gasteiger partial charge in [0.05, 0.1) is 0 Å². The minimum Gasteiger partial charge on any atom is -0.382 e. The topological polar surface area (TPSA) is 46.0 Å². The zero-order valence-corrected chi connectivity index (χ0v) is 6.41. The number of aromatic nitrogens is 2. The third-order valence-electron chi connectivity index (χ3n) is 1.92. The predicted molar refractivity (Wildman–Crippen MR) is 39.9 cm³/mol. The minimum absolute atomic E-state index is 0.572. The van der Waals surface area contributed by atoms with Gasteiger partial charge in [-0.25, -0.2) is 9.97 Å². The lowest BCUT2D eigenvalue weighted by atomic mass is 10.3. The van der Waals surface area contributed by atoms with Gasteiger partial charge in [-0.05, 0) is 25.3 Å². The zero-order valence-electron chi connectivity index (χ0n) is 6.41. The van der Waals surface area contributed by atoms with E-state index in [2.05, 4.69) is 9.97 Å². The van der Waals surface area contributed by atoms with Gasteiger partial charge in [-0.3, -0.25) is 0 Å². The van der Waals surface area contributed by atoms with Crippen LogP contribution in [0.2, 0.25) is 0 Å². The Kier molecular flexibility index (Phi) is 1.23. The molecule has 1 aliphatic rings. The average Bonchev–Trinajstić information content (AvgIpc) is 2.70. The third-order valence-corrected chi connectivity index (χ3v) is 1.92. The standard InChI is InChI=1S/C8H10N2O/c1-6-4-9-7(10-5-6)8(11)2-3-8/h4-5,11H,2-3H2,1H3. The van der Waals surface area contributed by atoms with E-state index in [1.54, 1.807) is 12.4 Å². The Labute approximate surface area is 65.1 Å². The molecule has 2 rings (SSSR count). The average molecular weight is 150 g/mol. The number of aliphatic hydroxyl groups is 1. The maximum Gasteiger partial charge on any atom is 0.159 e. The Morgan fingerprint density at radius 1 is 1.36 bits per heavy atom. The van der Waals surface area contributed by atoms with E-state index < -0.39 is 5.60 Å². The Balaban J connectivity index is 2.33.